The normalized spacial score (nSPS) is 12.7. The van der Waals surface area contributed by atoms with Crippen LogP contribution in [0.3, 0.4) is 0 Å². The maximum Gasteiger partial charge on any atom is 0.161 e. The maximum atomic E-state index is 9.49. The van der Waals surface area contributed by atoms with Crippen molar-refractivity contribution < 1.29 is 19.3 Å². The number of fused-ring (bicyclic) bond motifs is 3. The quantitative estimate of drug-likeness (QED) is 0.524. The van der Waals surface area contributed by atoms with Crippen molar-refractivity contribution in [3.63, 3.8) is 0 Å². The van der Waals surface area contributed by atoms with Crippen LogP contribution in [0, 0.1) is 0 Å². The Labute approximate surface area is 153 Å². The van der Waals surface area contributed by atoms with E-state index in [1.54, 1.807) is 34.3 Å². The van der Waals surface area contributed by atoms with Crippen LogP contribution in [0.5, 0.6) is 17.2 Å². The third-order valence-electron chi connectivity index (χ3n) is 4.50. The molecule has 0 saturated carbocycles. The molecular formula is C22H24O4. The number of allylic oxidation sites excluding steroid dienone is 1. The molecule has 4 heteroatoms. The molecule has 1 N–H and O–H groups in total. The zero-order valence-electron chi connectivity index (χ0n) is 15.6. The first kappa shape index (κ1) is 18.1. The number of methoxy groups -OCH3 is 3. The molecule has 0 amide bonds. The molecule has 3 aromatic rings. The fraction of sp³-hybridized carbons (Fsp3) is 0.273. The summed E-state index contributed by atoms with van der Waals surface area (Å²) in [5, 5.41) is 13.9. The Hall–Kier alpha value is -2.72. The van der Waals surface area contributed by atoms with Gasteiger partial charge in [0.05, 0.1) is 27.4 Å². The van der Waals surface area contributed by atoms with Crippen molar-refractivity contribution in [2.45, 2.75) is 19.4 Å². The van der Waals surface area contributed by atoms with Crippen LogP contribution in [0.25, 0.3) is 21.5 Å². The highest BCUT2D eigenvalue weighted by Gasteiger charge is 2.12. The van der Waals surface area contributed by atoms with E-state index < -0.39 is 6.10 Å². The van der Waals surface area contributed by atoms with Gasteiger partial charge >= 0.3 is 0 Å². The molecule has 0 unspecified atom stereocenters. The average Bonchev–Trinajstić information content (AvgIpc) is 2.66. The van der Waals surface area contributed by atoms with Gasteiger partial charge in [-0.1, -0.05) is 24.3 Å². The first-order chi connectivity index (χ1) is 12.6. The topological polar surface area (TPSA) is 47.9 Å². The zero-order valence-corrected chi connectivity index (χ0v) is 15.6. The van der Waals surface area contributed by atoms with Gasteiger partial charge in [-0.3, -0.25) is 0 Å². The van der Waals surface area contributed by atoms with Gasteiger partial charge in [0.25, 0.3) is 0 Å². The average molecular weight is 352 g/mol. The Kier molecular flexibility index (Phi) is 5.33. The van der Waals surface area contributed by atoms with Crippen molar-refractivity contribution in [3.8, 4) is 17.2 Å². The summed E-state index contributed by atoms with van der Waals surface area (Å²) < 4.78 is 16.4. The molecule has 0 fully saturated rings. The molecule has 1 atom stereocenters. The number of benzene rings is 3. The molecule has 0 saturated heterocycles. The maximum absolute atomic E-state index is 9.49. The molecule has 0 aliphatic heterocycles. The minimum atomic E-state index is -0.458. The number of rotatable bonds is 6. The van der Waals surface area contributed by atoms with Gasteiger partial charge in [-0.25, -0.2) is 0 Å². The Balaban J connectivity index is 2.30. The van der Waals surface area contributed by atoms with Crippen molar-refractivity contribution in [3.05, 3.63) is 54.1 Å². The van der Waals surface area contributed by atoms with Crippen LogP contribution in [-0.2, 0) is 6.42 Å². The van der Waals surface area contributed by atoms with Crippen LogP contribution in [0.15, 0.2) is 48.6 Å². The van der Waals surface area contributed by atoms with Crippen molar-refractivity contribution in [1.82, 2.24) is 0 Å². The molecule has 0 bridgehead atoms. The minimum Gasteiger partial charge on any atom is -0.497 e. The molecule has 0 aromatic heterocycles. The van der Waals surface area contributed by atoms with Crippen molar-refractivity contribution in [2.75, 3.05) is 21.3 Å². The zero-order chi connectivity index (χ0) is 18.7. The van der Waals surface area contributed by atoms with Gasteiger partial charge in [0.1, 0.15) is 5.75 Å². The smallest absolute Gasteiger partial charge is 0.161 e. The first-order valence-electron chi connectivity index (χ1n) is 8.57. The molecule has 0 radical (unpaired) electrons. The van der Waals surface area contributed by atoms with Gasteiger partial charge in [0.2, 0.25) is 0 Å². The first-order valence-corrected chi connectivity index (χ1v) is 8.57. The standard InChI is InChI=1S/C22H24O4/c1-14(23)6-5-7-15-10-16-8-9-17(24-2)11-18(16)20-13-22(26-4)21(25-3)12-19(15)20/h5-6,8-14,23H,7H2,1-4H3/b6-5+/t14-/m1/s1. The SMILES string of the molecule is COc1ccc2cc(C/C=C/[C@@H](C)O)c3cc(OC)c(OC)cc3c2c1. The summed E-state index contributed by atoms with van der Waals surface area (Å²) in [4.78, 5) is 0. The van der Waals surface area contributed by atoms with E-state index in [0.717, 1.165) is 39.3 Å². The van der Waals surface area contributed by atoms with Crippen molar-refractivity contribution in [1.29, 1.82) is 0 Å². The predicted octanol–water partition coefficient (Wildman–Crippen LogP) is 4.50. The predicted molar refractivity (Wildman–Crippen MR) is 106 cm³/mol. The molecule has 0 aliphatic carbocycles. The Morgan fingerprint density at radius 2 is 1.58 bits per heavy atom. The number of hydrogen-bond acceptors (Lipinski definition) is 4. The van der Waals surface area contributed by atoms with E-state index in [-0.39, 0.29) is 0 Å². The third-order valence-corrected chi connectivity index (χ3v) is 4.50. The van der Waals surface area contributed by atoms with Gasteiger partial charge in [-0.15, -0.1) is 0 Å². The van der Waals surface area contributed by atoms with Crippen LogP contribution in [-0.4, -0.2) is 32.5 Å². The summed E-state index contributed by atoms with van der Waals surface area (Å²) in [6.07, 6.45) is 4.05. The van der Waals surface area contributed by atoms with Gasteiger partial charge in [0, 0.05) is 0 Å². The molecule has 26 heavy (non-hydrogen) atoms. The molecule has 3 rings (SSSR count). The molecule has 0 aliphatic rings. The summed E-state index contributed by atoms with van der Waals surface area (Å²) in [7, 11) is 4.95. The highest BCUT2D eigenvalue weighted by atomic mass is 16.5. The Morgan fingerprint density at radius 1 is 0.885 bits per heavy atom. The summed E-state index contributed by atoms with van der Waals surface area (Å²) in [6, 6.07) is 12.3. The highest BCUT2D eigenvalue weighted by Crippen LogP contribution is 2.38. The van der Waals surface area contributed by atoms with E-state index in [2.05, 4.69) is 12.1 Å². The highest BCUT2D eigenvalue weighted by molar-refractivity contribution is 6.10. The number of hydrogen-bond donors (Lipinski definition) is 1. The van der Waals surface area contributed by atoms with E-state index in [1.807, 2.05) is 30.3 Å². The van der Waals surface area contributed by atoms with Crippen LogP contribution < -0.4 is 14.2 Å². The van der Waals surface area contributed by atoms with Crippen LogP contribution in [0.2, 0.25) is 0 Å². The number of ether oxygens (including phenoxy) is 3. The molecule has 0 heterocycles. The summed E-state index contributed by atoms with van der Waals surface area (Å²) in [5.74, 6) is 2.21. The second-order valence-electron chi connectivity index (χ2n) is 6.25. The van der Waals surface area contributed by atoms with Crippen LogP contribution in [0.4, 0.5) is 0 Å². The fourth-order valence-electron chi connectivity index (χ4n) is 3.22. The van der Waals surface area contributed by atoms with E-state index in [1.165, 1.54) is 0 Å². The lowest BCUT2D eigenvalue weighted by Gasteiger charge is -2.14. The largest absolute Gasteiger partial charge is 0.497 e. The third kappa shape index (κ3) is 3.46. The van der Waals surface area contributed by atoms with Gasteiger partial charge in [0.15, 0.2) is 11.5 Å². The Morgan fingerprint density at radius 3 is 2.19 bits per heavy atom. The second-order valence-corrected chi connectivity index (χ2v) is 6.25. The van der Waals surface area contributed by atoms with Gasteiger partial charge in [-0.05, 0) is 64.7 Å². The van der Waals surface area contributed by atoms with Crippen LogP contribution in [0.1, 0.15) is 12.5 Å². The molecule has 3 aromatic carbocycles. The van der Waals surface area contributed by atoms with E-state index >= 15 is 0 Å². The van der Waals surface area contributed by atoms with Gasteiger partial charge in [-0.2, -0.15) is 0 Å². The van der Waals surface area contributed by atoms with E-state index in [0.29, 0.717) is 11.5 Å². The number of aliphatic hydroxyl groups is 1. The van der Waals surface area contributed by atoms with Crippen LogP contribution >= 0.6 is 0 Å². The minimum absolute atomic E-state index is 0.458. The molecule has 0 spiro atoms. The van der Waals surface area contributed by atoms with Gasteiger partial charge < -0.3 is 19.3 Å². The summed E-state index contributed by atoms with van der Waals surface area (Å²) in [5.41, 5.74) is 1.16. The lowest BCUT2D eigenvalue weighted by molar-refractivity contribution is 0.244. The van der Waals surface area contributed by atoms with E-state index in [9.17, 15) is 5.11 Å². The summed E-state index contributed by atoms with van der Waals surface area (Å²) >= 11 is 0. The number of aliphatic hydroxyl groups excluding tert-OH is 1. The molecule has 136 valence electrons. The van der Waals surface area contributed by atoms with E-state index in [4.69, 9.17) is 14.2 Å². The van der Waals surface area contributed by atoms with Crippen molar-refractivity contribution in [2.24, 2.45) is 0 Å². The lowest BCUT2D eigenvalue weighted by atomic mass is 9.94. The van der Waals surface area contributed by atoms with Crippen molar-refractivity contribution >= 4 is 21.5 Å². The summed E-state index contributed by atoms with van der Waals surface area (Å²) in [6.45, 7) is 1.75. The molecule has 4 nitrogen and oxygen atoms in total. The lowest BCUT2D eigenvalue weighted by Crippen LogP contribution is -1.95. The fourth-order valence-corrected chi connectivity index (χ4v) is 3.22. The Bertz CT molecular complexity index is 957. The second kappa shape index (κ2) is 7.67. The molecular weight excluding hydrogens is 328 g/mol. The monoisotopic (exact) mass is 352 g/mol.